The topological polar surface area (TPSA) is 46.3 Å². The van der Waals surface area contributed by atoms with Crippen molar-refractivity contribution in [3.63, 3.8) is 0 Å². The Balaban J connectivity index is 1.76. The number of nitrogens with zero attached hydrogens (tertiary/aromatic N) is 1. The second-order valence-corrected chi connectivity index (χ2v) is 7.63. The summed E-state index contributed by atoms with van der Waals surface area (Å²) < 4.78 is 0. The van der Waals surface area contributed by atoms with Gasteiger partial charge in [0.25, 0.3) is 0 Å². The number of rotatable bonds is 4. The van der Waals surface area contributed by atoms with E-state index in [1.807, 2.05) is 95.9 Å². The van der Waals surface area contributed by atoms with Gasteiger partial charge in [-0.3, -0.25) is 4.79 Å². The average molecular weight is 390 g/mol. The third-order valence-electron chi connectivity index (χ3n) is 5.90. The molecule has 4 aromatic carbocycles. The lowest BCUT2D eigenvalue weighted by molar-refractivity contribution is -0.120. The minimum absolute atomic E-state index is 0.0588. The maximum Gasteiger partial charge on any atom is 0.247 e. The van der Waals surface area contributed by atoms with E-state index in [0.717, 1.165) is 27.9 Å². The molecule has 0 saturated heterocycles. The molecule has 0 aliphatic carbocycles. The van der Waals surface area contributed by atoms with Gasteiger partial charge in [-0.1, -0.05) is 91.0 Å². The second-order valence-electron chi connectivity index (χ2n) is 7.63. The van der Waals surface area contributed by atoms with E-state index in [1.165, 1.54) is 0 Å². The van der Waals surface area contributed by atoms with Crippen LogP contribution >= 0.6 is 0 Å². The van der Waals surface area contributed by atoms with Gasteiger partial charge in [-0.2, -0.15) is 0 Å². The molecule has 0 bridgehead atoms. The van der Waals surface area contributed by atoms with Crippen molar-refractivity contribution in [3.05, 3.63) is 131 Å². The van der Waals surface area contributed by atoms with E-state index in [-0.39, 0.29) is 5.91 Å². The highest BCUT2D eigenvalue weighted by atomic mass is 16.2. The molecule has 1 heterocycles. The smallest absolute Gasteiger partial charge is 0.247 e. The zero-order chi connectivity index (χ0) is 20.6. The van der Waals surface area contributed by atoms with Crippen molar-refractivity contribution in [2.45, 2.75) is 12.0 Å². The van der Waals surface area contributed by atoms with E-state index >= 15 is 0 Å². The summed E-state index contributed by atoms with van der Waals surface area (Å²) in [4.78, 5) is 16.2. The molecule has 1 unspecified atom stereocenters. The molecule has 1 amide bonds. The number of para-hydroxylation sites is 1. The summed E-state index contributed by atoms with van der Waals surface area (Å²) >= 11 is 0. The summed E-state index contributed by atoms with van der Waals surface area (Å²) in [6, 6.07) is 36.0. The average Bonchev–Trinajstić information content (AvgIpc) is 3.04. The number of nitrogen functional groups attached to an aromatic ring is 1. The number of fused-ring (bicyclic) bond motifs is 1. The Morgan fingerprint density at radius 1 is 0.667 bits per heavy atom. The predicted molar refractivity (Wildman–Crippen MR) is 121 cm³/mol. The van der Waals surface area contributed by atoms with Gasteiger partial charge >= 0.3 is 0 Å². The first-order valence-corrected chi connectivity index (χ1v) is 10.1. The molecule has 1 aliphatic heterocycles. The highest BCUT2D eigenvalue weighted by Crippen LogP contribution is 2.50. The highest BCUT2D eigenvalue weighted by Gasteiger charge is 2.53. The Morgan fingerprint density at radius 2 is 1.23 bits per heavy atom. The zero-order valence-corrected chi connectivity index (χ0v) is 16.5. The summed E-state index contributed by atoms with van der Waals surface area (Å²) in [6.45, 7) is 0.528. The lowest BCUT2D eigenvalue weighted by atomic mass is 9.70. The minimum Gasteiger partial charge on any atom is -0.399 e. The largest absolute Gasteiger partial charge is 0.399 e. The van der Waals surface area contributed by atoms with Gasteiger partial charge in [0.15, 0.2) is 0 Å². The second kappa shape index (κ2) is 7.20. The SMILES string of the molecule is Nc1ccc(C2(c3ccccc3)C(=O)N(Cc3ccccc3)c3ccccc32)cc1. The number of nitrogens with two attached hydrogens (primary N) is 1. The van der Waals surface area contributed by atoms with Crippen molar-refractivity contribution in [1.82, 2.24) is 0 Å². The van der Waals surface area contributed by atoms with Crippen LogP contribution in [0.1, 0.15) is 22.3 Å². The zero-order valence-electron chi connectivity index (χ0n) is 16.5. The summed E-state index contributed by atoms with van der Waals surface area (Å²) in [5.41, 5.74) is 10.7. The predicted octanol–water partition coefficient (Wildman–Crippen LogP) is 5.15. The molecule has 30 heavy (non-hydrogen) atoms. The van der Waals surface area contributed by atoms with Crippen molar-refractivity contribution in [2.75, 3.05) is 10.6 Å². The highest BCUT2D eigenvalue weighted by molar-refractivity contribution is 6.12. The molecule has 4 aromatic rings. The Labute approximate surface area is 176 Å². The lowest BCUT2D eigenvalue weighted by Gasteiger charge is -2.30. The molecule has 5 rings (SSSR count). The minimum atomic E-state index is -0.902. The van der Waals surface area contributed by atoms with Crippen LogP contribution in [0.2, 0.25) is 0 Å². The molecule has 0 aromatic heterocycles. The molecule has 1 atom stereocenters. The first kappa shape index (κ1) is 18.2. The molecular formula is C27H22N2O. The van der Waals surface area contributed by atoms with Crippen LogP contribution in [-0.4, -0.2) is 5.91 Å². The van der Waals surface area contributed by atoms with Crippen molar-refractivity contribution >= 4 is 17.3 Å². The van der Waals surface area contributed by atoms with Crippen LogP contribution in [0.5, 0.6) is 0 Å². The molecular weight excluding hydrogens is 368 g/mol. The number of amides is 1. The van der Waals surface area contributed by atoms with Gasteiger partial charge in [0.1, 0.15) is 5.41 Å². The fraction of sp³-hybridized carbons (Fsp3) is 0.0741. The number of benzene rings is 4. The van der Waals surface area contributed by atoms with E-state index in [1.54, 1.807) is 0 Å². The van der Waals surface area contributed by atoms with Crippen LogP contribution in [0.15, 0.2) is 109 Å². The summed E-state index contributed by atoms with van der Waals surface area (Å²) in [6.07, 6.45) is 0. The molecule has 3 heteroatoms. The standard InChI is InChI=1S/C27H22N2O/c28-23-17-15-22(16-18-23)27(21-11-5-2-6-12-21)24-13-7-8-14-25(24)29(26(27)30)19-20-9-3-1-4-10-20/h1-18H,19,28H2. The quantitative estimate of drug-likeness (QED) is 0.490. The van der Waals surface area contributed by atoms with Gasteiger partial charge in [0.05, 0.1) is 6.54 Å². The molecule has 1 aliphatic rings. The number of hydrogen-bond acceptors (Lipinski definition) is 2. The van der Waals surface area contributed by atoms with E-state index in [2.05, 4.69) is 18.2 Å². The monoisotopic (exact) mass is 390 g/mol. The Bertz CT molecular complexity index is 1190. The summed E-state index contributed by atoms with van der Waals surface area (Å²) in [5.74, 6) is 0.0588. The third kappa shape index (κ3) is 2.71. The molecule has 0 fully saturated rings. The Kier molecular flexibility index (Phi) is 4.36. The normalized spacial score (nSPS) is 17.7. The number of carbonyl (C=O) groups is 1. The number of carbonyl (C=O) groups excluding carboxylic acids is 1. The van der Waals surface area contributed by atoms with Crippen LogP contribution in [0, 0.1) is 0 Å². The maximum atomic E-state index is 14.3. The van der Waals surface area contributed by atoms with Gasteiger partial charge in [0, 0.05) is 16.9 Å². The molecule has 0 spiro atoms. The van der Waals surface area contributed by atoms with Crippen molar-refractivity contribution in [3.8, 4) is 0 Å². The van der Waals surface area contributed by atoms with Crippen molar-refractivity contribution in [1.29, 1.82) is 0 Å². The maximum absolute atomic E-state index is 14.3. The third-order valence-corrected chi connectivity index (χ3v) is 5.90. The Hall–Kier alpha value is -3.85. The van der Waals surface area contributed by atoms with Crippen LogP contribution < -0.4 is 10.6 Å². The van der Waals surface area contributed by atoms with Gasteiger partial charge in [-0.15, -0.1) is 0 Å². The van der Waals surface area contributed by atoms with Crippen LogP contribution in [0.4, 0.5) is 11.4 Å². The molecule has 0 radical (unpaired) electrons. The van der Waals surface area contributed by atoms with Gasteiger partial charge in [-0.05, 0) is 34.9 Å². The van der Waals surface area contributed by atoms with E-state index in [4.69, 9.17) is 5.73 Å². The first-order valence-electron chi connectivity index (χ1n) is 10.1. The van der Waals surface area contributed by atoms with Crippen LogP contribution in [0.25, 0.3) is 0 Å². The van der Waals surface area contributed by atoms with Gasteiger partial charge < -0.3 is 10.6 Å². The van der Waals surface area contributed by atoms with Gasteiger partial charge in [-0.25, -0.2) is 0 Å². The molecule has 2 N–H and O–H groups in total. The molecule has 146 valence electrons. The number of hydrogen-bond donors (Lipinski definition) is 1. The van der Waals surface area contributed by atoms with Crippen LogP contribution in [-0.2, 0) is 16.8 Å². The van der Waals surface area contributed by atoms with E-state index in [9.17, 15) is 4.79 Å². The van der Waals surface area contributed by atoms with E-state index < -0.39 is 5.41 Å². The molecule has 3 nitrogen and oxygen atoms in total. The Morgan fingerprint density at radius 3 is 1.93 bits per heavy atom. The van der Waals surface area contributed by atoms with Crippen molar-refractivity contribution in [2.24, 2.45) is 0 Å². The fourth-order valence-electron chi connectivity index (χ4n) is 4.52. The van der Waals surface area contributed by atoms with Gasteiger partial charge in [0.2, 0.25) is 5.91 Å². The van der Waals surface area contributed by atoms with Crippen LogP contribution in [0.3, 0.4) is 0 Å². The number of anilines is 2. The first-order chi connectivity index (χ1) is 14.7. The van der Waals surface area contributed by atoms with Crippen molar-refractivity contribution < 1.29 is 4.79 Å². The summed E-state index contributed by atoms with van der Waals surface area (Å²) in [7, 11) is 0. The fourth-order valence-corrected chi connectivity index (χ4v) is 4.52. The molecule has 0 saturated carbocycles. The summed E-state index contributed by atoms with van der Waals surface area (Å²) in [5, 5.41) is 0. The lowest BCUT2D eigenvalue weighted by Crippen LogP contribution is -2.42. The van der Waals surface area contributed by atoms with E-state index in [0.29, 0.717) is 12.2 Å².